The Labute approximate surface area is 125 Å². The molecule has 1 heterocycles. The minimum atomic E-state index is -0.250. The predicted octanol–water partition coefficient (Wildman–Crippen LogP) is 2.84. The van der Waals surface area contributed by atoms with Crippen LogP contribution in [0.1, 0.15) is 22.7 Å². The van der Waals surface area contributed by atoms with Gasteiger partial charge in [-0.1, -0.05) is 42.5 Å². The van der Waals surface area contributed by atoms with E-state index in [1.54, 1.807) is 4.90 Å². The molecule has 1 atom stereocenters. The zero-order chi connectivity index (χ0) is 14.8. The van der Waals surface area contributed by atoms with Gasteiger partial charge in [-0.2, -0.15) is 0 Å². The average Bonchev–Trinajstić information content (AvgIpc) is 2.53. The number of rotatable bonds is 2. The van der Waals surface area contributed by atoms with E-state index in [0.717, 1.165) is 29.8 Å². The summed E-state index contributed by atoms with van der Waals surface area (Å²) in [7, 11) is 1.85. The maximum atomic E-state index is 12.9. The lowest BCUT2D eigenvalue weighted by Gasteiger charge is -2.30. The molecule has 3 rings (SSSR count). The lowest BCUT2D eigenvalue weighted by atomic mass is 9.93. The number of fused-ring (bicyclic) bond motifs is 1. The maximum Gasteiger partial charge on any atom is 0.248 e. The molecule has 1 aliphatic heterocycles. The molecule has 0 bridgehead atoms. The van der Waals surface area contributed by atoms with Crippen LogP contribution in [0.15, 0.2) is 48.5 Å². The molecule has 1 N–H and O–H groups in total. The van der Waals surface area contributed by atoms with Crippen LogP contribution in [-0.4, -0.2) is 19.5 Å². The van der Waals surface area contributed by atoms with E-state index < -0.39 is 0 Å². The van der Waals surface area contributed by atoms with Gasteiger partial charge in [0.2, 0.25) is 5.91 Å². The quantitative estimate of drug-likeness (QED) is 0.917. The van der Waals surface area contributed by atoms with E-state index in [1.165, 1.54) is 5.56 Å². The molecule has 2 aromatic rings. The lowest BCUT2D eigenvalue weighted by molar-refractivity contribution is -0.120. The molecule has 21 heavy (non-hydrogen) atoms. The van der Waals surface area contributed by atoms with Crippen molar-refractivity contribution in [2.75, 3.05) is 18.5 Å². The molecule has 0 spiro atoms. The van der Waals surface area contributed by atoms with Crippen molar-refractivity contribution in [3.8, 4) is 0 Å². The third-order valence-corrected chi connectivity index (χ3v) is 4.16. The van der Waals surface area contributed by atoms with Gasteiger partial charge in [-0.3, -0.25) is 4.79 Å². The molecule has 0 radical (unpaired) electrons. The summed E-state index contributed by atoms with van der Waals surface area (Å²) in [4.78, 5) is 14.6. The molecule has 2 aromatic carbocycles. The first-order valence-electron chi connectivity index (χ1n) is 7.33. The predicted molar refractivity (Wildman–Crippen MR) is 85.5 cm³/mol. The second-order valence-electron chi connectivity index (χ2n) is 5.52. The third kappa shape index (κ3) is 2.57. The molecular formula is C18H20N2O. The Hall–Kier alpha value is -2.13. The molecule has 1 aliphatic rings. The second kappa shape index (κ2) is 5.70. The Kier molecular flexibility index (Phi) is 3.76. The summed E-state index contributed by atoms with van der Waals surface area (Å²) in [5.74, 6) is 0.0939. The number of anilines is 1. The largest absolute Gasteiger partial charge is 0.314 e. The van der Waals surface area contributed by atoms with E-state index in [0.29, 0.717) is 0 Å². The molecule has 0 saturated heterocycles. The monoisotopic (exact) mass is 280 g/mol. The van der Waals surface area contributed by atoms with Crippen molar-refractivity contribution in [3.05, 3.63) is 65.2 Å². The highest BCUT2D eigenvalue weighted by molar-refractivity contribution is 5.98. The Morgan fingerprint density at radius 3 is 2.67 bits per heavy atom. The standard InChI is InChI=1S/C18H20N2O/c1-13-7-3-6-10-16(13)20(2)18(21)17-15-9-5-4-8-14(15)11-12-19-17/h3-10,17,19H,11-12H2,1-2H3. The Morgan fingerprint density at radius 1 is 1.14 bits per heavy atom. The van der Waals surface area contributed by atoms with Gasteiger partial charge in [-0.05, 0) is 36.1 Å². The number of nitrogens with one attached hydrogen (secondary N) is 1. The minimum absolute atomic E-state index is 0.0939. The van der Waals surface area contributed by atoms with E-state index in [9.17, 15) is 4.79 Å². The van der Waals surface area contributed by atoms with Crippen molar-refractivity contribution >= 4 is 11.6 Å². The molecule has 1 amide bonds. The summed E-state index contributed by atoms with van der Waals surface area (Å²) in [6.07, 6.45) is 0.980. The highest BCUT2D eigenvalue weighted by atomic mass is 16.2. The van der Waals surface area contributed by atoms with Gasteiger partial charge in [0.25, 0.3) is 0 Å². The molecule has 0 aromatic heterocycles. The van der Waals surface area contributed by atoms with Crippen LogP contribution in [0.5, 0.6) is 0 Å². The fraction of sp³-hybridized carbons (Fsp3) is 0.278. The van der Waals surface area contributed by atoms with Crippen LogP contribution >= 0.6 is 0 Å². The van der Waals surface area contributed by atoms with Crippen molar-refractivity contribution in [2.24, 2.45) is 0 Å². The fourth-order valence-electron chi connectivity index (χ4n) is 2.98. The van der Waals surface area contributed by atoms with Gasteiger partial charge in [-0.15, -0.1) is 0 Å². The average molecular weight is 280 g/mol. The maximum absolute atomic E-state index is 12.9. The summed E-state index contributed by atoms with van der Waals surface area (Å²) in [5, 5.41) is 3.35. The minimum Gasteiger partial charge on any atom is -0.314 e. The van der Waals surface area contributed by atoms with Gasteiger partial charge in [0.1, 0.15) is 6.04 Å². The summed E-state index contributed by atoms with van der Waals surface area (Å²) < 4.78 is 0. The van der Waals surface area contributed by atoms with Crippen LogP contribution in [0.2, 0.25) is 0 Å². The number of hydrogen-bond acceptors (Lipinski definition) is 2. The van der Waals surface area contributed by atoms with Gasteiger partial charge in [0, 0.05) is 19.3 Å². The number of carbonyl (C=O) groups is 1. The molecule has 0 saturated carbocycles. The van der Waals surface area contributed by atoms with Crippen LogP contribution in [0.25, 0.3) is 0 Å². The number of nitrogens with zero attached hydrogens (tertiary/aromatic N) is 1. The molecular weight excluding hydrogens is 260 g/mol. The number of likely N-dealkylation sites (N-methyl/N-ethyl adjacent to an activating group) is 1. The van der Waals surface area contributed by atoms with Crippen LogP contribution < -0.4 is 10.2 Å². The number of hydrogen-bond donors (Lipinski definition) is 1. The van der Waals surface area contributed by atoms with Gasteiger partial charge in [-0.25, -0.2) is 0 Å². The zero-order valence-corrected chi connectivity index (χ0v) is 12.5. The first kappa shape index (κ1) is 13.8. The molecule has 3 nitrogen and oxygen atoms in total. The van der Waals surface area contributed by atoms with Crippen molar-refractivity contribution in [2.45, 2.75) is 19.4 Å². The highest BCUT2D eigenvalue weighted by Crippen LogP contribution is 2.27. The molecule has 108 valence electrons. The van der Waals surface area contributed by atoms with E-state index in [1.807, 2.05) is 50.4 Å². The van der Waals surface area contributed by atoms with Gasteiger partial charge < -0.3 is 10.2 Å². The van der Waals surface area contributed by atoms with Gasteiger partial charge >= 0.3 is 0 Å². The van der Waals surface area contributed by atoms with Crippen molar-refractivity contribution in [1.82, 2.24) is 5.32 Å². The number of carbonyl (C=O) groups excluding carboxylic acids is 1. The third-order valence-electron chi connectivity index (χ3n) is 4.16. The Bertz CT molecular complexity index is 666. The van der Waals surface area contributed by atoms with Crippen molar-refractivity contribution in [1.29, 1.82) is 0 Å². The highest BCUT2D eigenvalue weighted by Gasteiger charge is 2.28. The van der Waals surface area contributed by atoms with Gasteiger partial charge in [0.05, 0.1) is 0 Å². The number of para-hydroxylation sites is 1. The van der Waals surface area contributed by atoms with Gasteiger partial charge in [0.15, 0.2) is 0 Å². The lowest BCUT2D eigenvalue weighted by Crippen LogP contribution is -2.42. The molecule has 1 unspecified atom stereocenters. The van der Waals surface area contributed by atoms with Crippen LogP contribution in [-0.2, 0) is 11.2 Å². The summed E-state index contributed by atoms with van der Waals surface area (Å²) >= 11 is 0. The SMILES string of the molecule is Cc1ccccc1N(C)C(=O)C1NCCc2ccccc21. The first-order valence-corrected chi connectivity index (χ1v) is 7.33. The van der Waals surface area contributed by atoms with E-state index in [4.69, 9.17) is 0 Å². The Balaban J connectivity index is 1.91. The van der Waals surface area contributed by atoms with Crippen LogP contribution in [0, 0.1) is 6.92 Å². The topological polar surface area (TPSA) is 32.3 Å². The van der Waals surface area contributed by atoms with Crippen molar-refractivity contribution < 1.29 is 4.79 Å². The summed E-state index contributed by atoms with van der Waals surface area (Å²) in [6, 6.07) is 15.9. The number of amides is 1. The fourth-order valence-corrected chi connectivity index (χ4v) is 2.98. The molecule has 0 fully saturated rings. The van der Waals surface area contributed by atoms with Crippen LogP contribution in [0.3, 0.4) is 0 Å². The number of aryl methyl sites for hydroxylation is 1. The summed E-state index contributed by atoms with van der Waals surface area (Å²) in [6.45, 7) is 2.87. The molecule has 3 heteroatoms. The summed E-state index contributed by atoms with van der Waals surface area (Å²) in [5.41, 5.74) is 4.45. The normalized spacial score (nSPS) is 17.1. The Morgan fingerprint density at radius 2 is 1.86 bits per heavy atom. The van der Waals surface area contributed by atoms with E-state index in [2.05, 4.69) is 17.4 Å². The number of benzene rings is 2. The van der Waals surface area contributed by atoms with E-state index in [-0.39, 0.29) is 11.9 Å². The smallest absolute Gasteiger partial charge is 0.248 e. The molecule has 0 aliphatic carbocycles. The zero-order valence-electron chi connectivity index (χ0n) is 12.5. The van der Waals surface area contributed by atoms with Crippen molar-refractivity contribution in [3.63, 3.8) is 0 Å². The van der Waals surface area contributed by atoms with E-state index >= 15 is 0 Å². The second-order valence-corrected chi connectivity index (χ2v) is 5.52. The van der Waals surface area contributed by atoms with Crippen LogP contribution in [0.4, 0.5) is 5.69 Å². The first-order chi connectivity index (χ1) is 10.2.